The number of Topliss-reactive ketones (excluding diaryl/α,β-unsaturated/α-hetero) is 1. The van der Waals surface area contributed by atoms with Crippen LogP contribution in [0.1, 0.15) is 28.8 Å². The van der Waals surface area contributed by atoms with Crippen molar-refractivity contribution in [1.29, 1.82) is 0 Å². The molecule has 0 bridgehead atoms. The number of benzene rings is 1. The van der Waals surface area contributed by atoms with Crippen molar-refractivity contribution in [2.45, 2.75) is 20.8 Å². The number of ketones is 1. The van der Waals surface area contributed by atoms with Crippen molar-refractivity contribution in [3.05, 3.63) is 47.4 Å². The van der Waals surface area contributed by atoms with Crippen LogP contribution >= 0.6 is 0 Å². The average Bonchev–Trinajstić information content (AvgIpc) is 2.29. The third kappa shape index (κ3) is 2.56. The molecule has 0 aliphatic rings. The van der Waals surface area contributed by atoms with Crippen molar-refractivity contribution in [2.75, 3.05) is 0 Å². The molecule has 0 spiro atoms. The molecule has 2 rings (SSSR count). The number of aryl methyl sites for hydroxylation is 2. The van der Waals surface area contributed by atoms with E-state index in [1.807, 2.05) is 44.2 Å². The summed E-state index contributed by atoms with van der Waals surface area (Å²) in [4.78, 5) is 19.7. The van der Waals surface area contributed by atoms with E-state index < -0.39 is 0 Å². The molecule has 0 saturated heterocycles. The molecule has 0 radical (unpaired) electrons. The van der Waals surface area contributed by atoms with Crippen LogP contribution in [0.5, 0.6) is 0 Å². The van der Waals surface area contributed by atoms with Gasteiger partial charge in [0.15, 0.2) is 11.6 Å². The Kier molecular flexibility index (Phi) is 3.00. The van der Waals surface area contributed by atoms with Gasteiger partial charge in [0.1, 0.15) is 0 Å². The van der Waals surface area contributed by atoms with Gasteiger partial charge in [-0.2, -0.15) is 0 Å². The molecule has 17 heavy (non-hydrogen) atoms. The molecule has 2 aromatic rings. The van der Waals surface area contributed by atoms with E-state index >= 15 is 0 Å². The molecular formula is C14H14N2O. The Morgan fingerprint density at radius 1 is 1.06 bits per heavy atom. The molecule has 0 aliphatic heterocycles. The highest BCUT2D eigenvalue weighted by molar-refractivity contribution is 5.90. The molecule has 0 aliphatic carbocycles. The topological polar surface area (TPSA) is 42.9 Å². The third-order valence-corrected chi connectivity index (χ3v) is 2.52. The van der Waals surface area contributed by atoms with Gasteiger partial charge < -0.3 is 0 Å². The van der Waals surface area contributed by atoms with Gasteiger partial charge in [0.05, 0.1) is 5.69 Å². The zero-order chi connectivity index (χ0) is 12.4. The van der Waals surface area contributed by atoms with Gasteiger partial charge in [0.25, 0.3) is 0 Å². The second-order valence-corrected chi connectivity index (χ2v) is 4.14. The van der Waals surface area contributed by atoms with Gasteiger partial charge in [-0.05, 0) is 19.9 Å². The number of hydrogen-bond donors (Lipinski definition) is 0. The maximum Gasteiger partial charge on any atom is 0.196 e. The molecule has 1 aromatic heterocycles. The molecule has 0 fully saturated rings. The second-order valence-electron chi connectivity index (χ2n) is 4.14. The summed E-state index contributed by atoms with van der Waals surface area (Å²) in [7, 11) is 0. The Hall–Kier alpha value is -2.03. The Labute approximate surface area is 101 Å². The van der Waals surface area contributed by atoms with E-state index in [4.69, 9.17) is 0 Å². The second kappa shape index (κ2) is 4.45. The fraction of sp³-hybridized carbons (Fsp3) is 0.214. The summed E-state index contributed by atoms with van der Waals surface area (Å²) in [6.45, 7) is 5.38. The number of carbonyl (C=O) groups is 1. The van der Waals surface area contributed by atoms with Crippen LogP contribution < -0.4 is 0 Å². The number of hydrogen-bond acceptors (Lipinski definition) is 3. The highest BCUT2D eigenvalue weighted by atomic mass is 16.1. The molecule has 0 atom stereocenters. The van der Waals surface area contributed by atoms with E-state index in [0.29, 0.717) is 0 Å². The molecule has 3 nitrogen and oxygen atoms in total. The maximum absolute atomic E-state index is 11.3. The minimum atomic E-state index is -0.109. The Balaban J connectivity index is 2.51. The quantitative estimate of drug-likeness (QED) is 0.739. The fourth-order valence-corrected chi connectivity index (χ4v) is 1.60. The highest BCUT2D eigenvalue weighted by Gasteiger charge is 2.07. The molecule has 3 heteroatoms. The Morgan fingerprint density at radius 2 is 1.71 bits per heavy atom. The largest absolute Gasteiger partial charge is 0.291 e. The van der Waals surface area contributed by atoms with Crippen molar-refractivity contribution in [3.63, 3.8) is 0 Å². The zero-order valence-corrected chi connectivity index (χ0v) is 10.2. The SMILES string of the molecule is CC(=O)c1nc(C)cc(-c2ccc(C)cc2)n1. The summed E-state index contributed by atoms with van der Waals surface area (Å²) in [6, 6.07) is 9.94. The zero-order valence-electron chi connectivity index (χ0n) is 10.2. The van der Waals surface area contributed by atoms with Crippen LogP contribution in [0.25, 0.3) is 11.3 Å². The van der Waals surface area contributed by atoms with Gasteiger partial charge in [-0.1, -0.05) is 29.8 Å². The monoisotopic (exact) mass is 226 g/mol. The minimum Gasteiger partial charge on any atom is -0.291 e. The predicted molar refractivity (Wildman–Crippen MR) is 66.9 cm³/mol. The first-order chi connectivity index (χ1) is 8.06. The normalized spacial score (nSPS) is 10.3. The first-order valence-corrected chi connectivity index (χ1v) is 5.50. The number of carbonyl (C=O) groups excluding carboxylic acids is 1. The Morgan fingerprint density at radius 3 is 2.29 bits per heavy atom. The molecule has 0 saturated carbocycles. The van der Waals surface area contributed by atoms with E-state index in [-0.39, 0.29) is 11.6 Å². The first kappa shape index (κ1) is 11.5. The lowest BCUT2D eigenvalue weighted by molar-refractivity contribution is 0.100. The standard InChI is InChI=1S/C14H14N2O/c1-9-4-6-12(7-5-9)13-8-10(2)15-14(16-13)11(3)17/h4-8H,1-3H3. The first-order valence-electron chi connectivity index (χ1n) is 5.50. The summed E-state index contributed by atoms with van der Waals surface area (Å²) < 4.78 is 0. The van der Waals surface area contributed by atoms with E-state index in [2.05, 4.69) is 9.97 Å². The average molecular weight is 226 g/mol. The molecule has 1 aromatic carbocycles. The highest BCUT2D eigenvalue weighted by Crippen LogP contribution is 2.18. The fourth-order valence-electron chi connectivity index (χ4n) is 1.60. The summed E-state index contributed by atoms with van der Waals surface area (Å²) in [5, 5.41) is 0. The van der Waals surface area contributed by atoms with Crippen LogP contribution in [0.2, 0.25) is 0 Å². The molecule has 86 valence electrons. The van der Waals surface area contributed by atoms with Gasteiger partial charge in [-0.3, -0.25) is 4.79 Å². The lowest BCUT2D eigenvalue weighted by Crippen LogP contribution is -2.03. The van der Waals surface area contributed by atoms with Crippen LogP contribution in [0.15, 0.2) is 30.3 Å². The number of nitrogens with zero attached hydrogens (tertiary/aromatic N) is 2. The number of rotatable bonds is 2. The van der Waals surface area contributed by atoms with Gasteiger partial charge in [0, 0.05) is 18.2 Å². The van der Waals surface area contributed by atoms with E-state index in [1.54, 1.807) is 0 Å². The van der Waals surface area contributed by atoms with Gasteiger partial charge in [-0.15, -0.1) is 0 Å². The van der Waals surface area contributed by atoms with Crippen LogP contribution in [-0.2, 0) is 0 Å². The van der Waals surface area contributed by atoms with Gasteiger partial charge in [-0.25, -0.2) is 9.97 Å². The maximum atomic E-state index is 11.3. The third-order valence-electron chi connectivity index (χ3n) is 2.52. The van der Waals surface area contributed by atoms with Crippen molar-refractivity contribution in [1.82, 2.24) is 9.97 Å². The Bertz CT molecular complexity index is 559. The lowest BCUT2D eigenvalue weighted by atomic mass is 10.1. The smallest absolute Gasteiger partial charge is 0.196 e. The molecule has 0 amide bonds. The van der Waals surface area contributed by atoms with Crippen molar-refractivity contribution in [2.24, 2.45) is 0 Å². The summed E-state index contributed by atoms with van der Waals surface area (Å²) >= 11 is 0. The molecule has 0 N–H and O–H groups in total. The van der Waals surface area contributed by atoms with Gasteiger partial charge >= 0.3 is 0 Å². The summed E-state index contributed by atoms with van der Waals surface area (Å²) in [5.41, 5.74) is 3.80. The van der Waals surface area contributed by atoms with Crippen molar-refractivity contribution >= 4 is 5.78 Å². The summed E-state index contributed by atoms with van der Waals surface area (Å²) in [5.74, 6) is 0.169. The van der Waals surface area contributed by atoms with Crippen LogP contribution in [0.3, 0.4) is 0 Å². The van der Waals surface area contributed by atoms with E-state index in [0.717, 1.165) is 17.0 Å². The van der Waals surface area contributed by atoms with Crippen LogP contribution in [-0.4, -0.2) is 15.8 Å². The van der Waals surface area contributed by atoms with Crippen molar-refractivity contribution < 1.29 is 4.79 Å². The lowest BCUT2D eigenvalue weighted by Gasteiger charge is -2.04. The predicted octanol–water partition coefficient (Wildman–Crippen LogP) is 2.96. The van der Waals surface area contributed by atoms with E-state index in [9.17, 15) is 4.79 Å². The van der Waals surface area contributed by atoms with Crippen molar-refractivity contribution in [3.8, 4) is 11.3 Å². The molecular weight excluding hydrogens is 212 g/mol. The summed E-state index contributed by atoms with van der Waals surface area (Å²) in [6.07, 6.45) is 0. The number of aromatic nitrogens is 2. The van der Waals surface area contributed by atoms with E-state index in [1.165, 1.54) is 12.5 Å². The van der Waals surface area contributed by atoms with Crippen LogP contribution in [0.4, 0.5) is 0 Å². The molecule has 0 unspecified atom stereocenters. The van der Waals surface area contributed by atoms with Crippen LogP contribution in [0, 0.1) is 13.8 Å². The molecule has 1 heterocycles. The van der Waals surface area contributed by atoms with Gasteiger partial charge in [0.2, 0.25) is 0 Å². The minimum absolute atomic E-state index is 0.109.